The van der Waals surface area contributed by atoms with Crippen LogP contribution in [0.5, 0.6) is 0 Å². The molecule has 1 amide bonds. The number of rotatable bonds is 2. The Morgan fingerprint density at radius 2 is 1.64 bits per heavy atom. The van der Waals surface area contributed by atoms with Crippen LogP contribution in [0.15, 0.2) is 24.3 Å². The quantitative estimate of drug-likeness (QED) is 0.640. The third-order valence-corrected chi connectivity index (χ3v) is 3.94. The normalized spacial score (nSPS) is 15.3. The maximum absolute atomic E-state index is 12.2. The minimum absolute atomic E-state index is 0.277. The predicted octanol–water partition coefficient (Wildman–Crippen LogP) is 0.735. The Balaban J connectivity index is 1.94. The van der Waals surface area contributed by atoms with Crippen molar-refractivity contribution in [3.63, 3.8) is 0 Å². The van der Waals surface area contributed by atoms with Crippen molar-refractivity contribution in [2.45, 2.75) is 0 Å². The van der Waals surface area contributed by atoms with E-state index in [1.165, 1.54) is 7.11 Å². The van der Waals surface area contributed by atoms with Gasteiger partial charge in [0.2, 0.25) is 0 Å². The number of carbonyl (C=O) groups is 2. The molecule has 0 spiro atoms. The van der Waals surface area contributed by atoms with Gasteiger partial charge in [-0.05, 0) is 43.5 Å². The van der Waals surface area contributed by atoms with E-state index in [1.54, 1.807) is 24.3 Å². The Kier molecular flexibility index (Phi) is 5.46. The fourth-order valence-corrected chi connectivity index (χ4v) is 2.41. The highest BCUT2D eigenvalue weighted by molar-refractivity contribution is 7.80. The Bertz CT molecular complexity index is 566. The average Bonchev–Trinajstić information content (AvgIpc) is 2.54. The van der Waals surface area contributed by atoms with Crippen molar-refractivity contribution in [1.82, 2.24) is 15.1 Å². The van der Waals surface area contributed by atoms with Crippen molar-refractivity contribution in [3.8, 4) is 0 Å². The number of amides is 1. The molecule has 1 N–H and O–H groups in total. The van der Waals surface area contributed by atoms with Gasteiger partial charge in [0.15, 0.2) is 5.11 Å². The molecule has 1 aliphatic heterocycles. The van der Waals surface area contributed by atoms with Gasteiger partial charge in [-0.3, -0.25) is 10.1 Å². The summed E-state index contributed by atoms with van der Waals surface area (Å²) >= 11 is 5.28. The van der Waals surface area contributed by atoms with Crippen molar-refractivity contribution in [2.24, 2.45) is 0 Å². The van der Waals surface area contributed by atoms with Crippen LogP contribution in [0, 0.1) is 0 Å². The van der Waals surface area contributed by atoms with E-state index in [1.807, 2.05) is 4.90 Å². The van der Waals surface area contributed by atoms with E-state index in [4.69, 9.17) is 12.2 Å². The predicted molar refractivity (Wildman–Crippen MR) is 86.9 cm³/mol. The third kappa shape index (κ3) is 4.02. The number of ether oxygens (including phenoxy) is 1. The van der Waals surface area contributed by atoms with Crippen molar-refractivity contribution in [2.75, 3.05) is 40.3 Å². The Labute approximate surface area is 135 Å². The second-order valence-corrected chi connectivity index (χ2v) is 5.51. The highest BCUT2D eigenvalue weighted by atomic mass is 32.1. The SMILES string of the molecule is COC(=O)c1ccc(C(=O)NC(=S)N2CCN(C)CC2)cc1. The number of esters is 1. The molecule has 1 fully saturated rings. The standard InChI is InChI=1S/C15H19N3O3S/c1-17-7-9-18(10-8-17)15(22)16-13(19)11-3-5-12(6-4-11)14(20)21-2/h3-6H,7-10H2,1-2H3,(H,16,19,22). The summed E-state index contributed by atoms with van der Waals surface area (Å²) in [5.41, 5.74) is 0.852. The molecule has 1 heterocycles. The lowest BCUT2D eigenvalue weighted by Crippen LogP contribution is -2.51. The van der Waals surface area contributed by atoms with E-state index in [2.05, 4.69) is 22.0 Å². The fraction of sp³-hybridized carbons (Fsp3) is 0.400. The summed E-state index contributed by atoms with van der Waals surface area (Å²) in [7, 11) is 3.37. The molecular weight excluding hydrogens is 302 g/mol. The molecule has 7 heteroatoms. The summed E-state index contributed by atoms with van der Waals surface area (Å²) < 4.78 is 4.62. The van der Waals surface area contributed by atoms with E-state index in [0.29, 0.717) is 16.2 Å². The van der Waals surface area contributed by atoms with Gasteiger partial charge in [0.1, 0.15) is 0 Å². The number of likely N-dealkylation sites (N-methyl/N-ethyl adjacent to an activating group) is 1. The molecule has 0 bridgehead atoms. The lowest BCUT2D eigenvalue weighted by atomic mass is 10.1. The molecular formula is C15H19N3O3S. The number of carbonyl (C=O) groups excluding carboxylic acids is 2. The molecule has 0 unspecified atom stereocenters. The number of nitrogens with zero attached hydrogens (tertiary/aromatic N) is 2. The molecule has 0 atom stereocenters. The zero-order valence-corrected chi connectivity index (χ0v) is 13.5. The minimum atomic E-state index is -0.431. The maximum atomic E-state index is 12.2. The molecule has 22 heavy (non-hydrogen) atoms. The van der Waals surface area contributed by atoms with Crippen LogP contribution in [0.1, 0.15) is 20.7 Å². The first-order valence-corrected chi connectivity index (χ1v) is 7.39. The zero-order valence-electron chi connectivity index (χ0n) is 12.7. The Hall–Kier alpha value is -1.99. The number of benzene rings is 1. The van der Waals surface area contributed by atoms with Crippen LogP contribution in [-0.4, -0.2) is 67.1 Å². The van der Waals surface area contributed by atoms with Crippen molar-refractivity contribution >= 4 is 29.2 Å². The Morgan fingerprint density at radius 1 is 1.09 bits per heavy atom. The molecule has 0 aromatic heterocycles. The van der Waals surface area contributed by atoms with Crippen molar-refractivity contribution in [3.05, 3.63) is 35.4 Å². The monoisotopic (exact) mass is 321 g/mol. The molecule has 0 radical (unpaired) electrons. The van der Waals surface area contributed by atoms with Gasteiger partial charge in [-0.2, -0.15) is 0 Å². The van der Waals surface area contributed by atoms with Crippen molar-refractivity contribution < 1.29 is 14.3 Å². The minimum Gasteiger partial charge on any atom is -0.465 e. The summed E-state index contributed by atoms with van der Waals surface area (Å²) in [4.78, 5) is 27.7. The summed E-state index contributed by atoms with van der Waals surface area (Å²) in [6.45, 7) is 3.45. The van der Waals surface area contributed by atoms with Crippen LogP contribution in [0.25, 0.3) is 0 Å². The lowest BCUT2D eigenvalue weighted by Gasteiger charge is -2.33. The number of hydrogen-bond acceptors (Lipinski definition) is 5. The van der Waals surface area contributed by atoms with E-state index in [-0.39, 0.29) is 5.91 Å². The molecule has 6 nitrogen and oxygen atoms in total. The molecule has 0 saturated carbocycles. The molecule has 1 aromatic carbocycles. The number of thiocarbonyl (C=S) groups is 1. The first kappa shape index (κ1) is 16.4. The molecule has 1 aromatic rings. The van der Waals surface area contributed by atoms with Crippen LogP contribution < -0.4 is 5.32 Å². The van der Waals surface area contributed by atoms with Gasteiger partial charge in [-0.25, -0.2) is 4.79 Å². The van der Waals surface area contributed by atoms with Gasteiger partial charge in [0.05, 0.1) is 12.7 Å². The van der Waals surface area contributed by atoms with Crippen LogP contribution in [0.3, 0.4) is 0 Å². The average molecular weight is 321 g/mol. The summed E-state index contributed by atoms with van der Waals surface area (Å²) in [6.07, 6.45) is 0. The number of nitrogens with one attached hydrogen (secondary N) is 1. The fourth-order valence-electron chi connectivity index (χ4n) is 2.13. The van der Waals surface area contributed by atoms with E-state index >= 15 is 0 Å². The summed E-state index contributed by atoms with van der Waals surface area (Å²) in [6, 6.07) is 6.27. The second-order valence-electron chi connectivity index (χ2n) is 5.12. The van der Waals surface area contributed by atoms with Crippen LogP contribution in [-0.2, 0) is 4.74 Å². The topological polar surface area (TPSA) is 61.9 Å². The van der Waals surface area contributed by atoms with E-state index in [0.717, 1.165) is 26.2 Å². The van der Waals surface area contributed by atoms with Gasteiger partial charge in [-0.15, -0.1) is 0 Å². The van der Waals surface area contributed by atoms with E-state index in [9.17, 15) is 9.59 Å². The second kappa shape index (κ2) is 7.33. The Morgan fingerprint density at radius 3 is 2.18 bits per heavy atom. The van der Waals surface area contributed by atoms with Gasteiger partial charge in [0.25, 0.3) is 5.91 Å². The molecule has 0 aliphatic carbocycles. The van der Waals surface area contributed by atoms with Gasteiger partial charge >= 0.3 is 5.97 Å². The summed E-state index contributed by atoms with van der Waals surface area (Å²) in [5, 5.41) is 3.17. The third-order valence-electron chi connectivity index (χ3n) is 3.58. The number of hydrogen-bond donors (Lipinski definition) is 1. The van der Waals surface area contributed by atoms with Crippen LogP contribution in [0.4, 0.5) is 0 Å². The highest BCUT2D eigenvalue weighted by Crippen LogP contribution is 2.06. The highest BCUT2D eigenvalue weighted by Gasteiger charge is 2.18. The molecule has 2 rings (SSSR count). The summed E-state index contributed by atoms with van der Waals surface area (Å²) in [5.74, 6) is -0.708. The van der Waals surface area contributed by atoms with Crippen LogP contribution >= 0.6 is 12.2 Å². The lowest BCUT2D eigenvalue weighted by molar-refractivity contribution is 0.0600. The van der Waals surface area contributed by atoms with Crippen LogP contribution in [0.2, 0.25) is 0 Å². The maximum Gasteiger partial charge on any atom is 0.337 e. The van der Waals surface area contributed by atoms with Gasteiger partial charge < -0.3 is 14.5 Å². The first-order chi connectivity index (χ1) is 10.5. The molecule has 118 valence electrons. The van der Waals surface area contributed by atoms with E-state index < -0.39 is 5.97 Å². The first-order valence-electron chi connectivity index (χ1n) is 6.98. The van der Waals surface area contributed by atoms with Gasteiger partial charge in [0, 0.05) is 31.7 Å². The molecule has 1 aliphatic rings. The van der Waals surface area contributed by atoms with Gasteiger partial charge in [-0.1, -0.05) is 0 Å². The largest absolute Gasteiger partial charge is 0.465 e. The molecule has 1 saturated heterocycles. The number of piperazine rings is 1. The smallest absolute Gasteiger partial charge is 0.337 e. The number of methoxy groups -OCH3 is 1. The zero-order chi connectivity index (χ0) is 16.1. The van der Waals surface area contributed by atoms with Crippen molar-refractivity contribution in [1.29, 1.82) is 0 Å².